The Morgan fingerprint density at radius 3 is 2.52 bits per heavy atom. The highest BCUT2D eigenvalue weighted by atomic mass is 16.5. The van der Waals surface area contributed by atoms with Crippen LogP contribution in [0.4, 0.5) is 0 Å². The minimum atomic E-state index is -0.511. The van der Waals surface area contributed by atoms with Gasteiger partial charge in [0.1, 0.15) is 12.4 Å². The highest BCUT2D eigenvalue weighted by Crippen LogP contribution is 2.30. The predicted octanol–water partition coefficient (Wildman–Crippen LogP) is 4.02. The van der Waals surface area contributed by atoms with Crippen LogP contribution in [0.2, 0.25) is 0 Å². The lowest BCUT2D eigenvalue weighted by Gasteiger charge is -2.25. The summed E-state index contributed by atoms with van der Waals surface area (Å²) in [7, 11) is 0. The lowest BCUT2D eigenvalue weighted by molar-refractivity contribution is -0.120. The van der Waals surface area contributed by atoms with Gasteiger partial charge in [0.2, 0.25) is 5.91 Å². The summed E-state index contributed by atoms with van der Waals surface area (Å²) in [5.74, 6) is 0.812. The lowest BCUT2D eigenvalue weighted by atomic mass is 9.86. The third-order valence-corrected chi connectivity index (χ3v) is 5.91. The van der Waals surface area contributed by atoms with Crippen LogP contribution in [-0.2, 0) is 23.4 Å². The van der Waals surface area contributed by atoms with Crippen molar-refractivity contribution in [2.75, 3.05) is 13.1 Å². The Morgan fingerprint density at radius 2 is 1.84 bits per heavy atom. The minimum absolute atomic E-state index is 0.0538. The van der Waals surface area contributed by atoms with Gasteiger partial charge in [0.25, 0.3) is 0 Å². The normalized spacial score (nSPS) is 20.2. The van der Waals surface area contributed by atoms with Crippen molar-refractivity contribution in [1.82, 2.24) is 10.2 Å². The molecule has 1 aliphatic rings. The molecule has 0 bridgehead atoms. The van der Waals surface area contributed by atoms with E-state index in [0.717, 1.165) is 42.9 Å². The molecular formula is C26H36N2O3. The Morgan fingerprint density at radius 1 is 1.13 bits per heavy atom. The minimum Gasteiger partial charge on any atom is -0.489 e. The van der Waals surface area contributed by atoms with E-state index < -0.39 is 6.10 Å². The number of hydrogen-bond donors (Lipinski definition) is 2. The number of likely N-dealkylation sites (tertiary alicyclic amines) is 1. The summed E-state index contributed by atoms with van der Waals surface area (Å²) in [6.07, 6.45) is 0.868. The van der Waals surface area contributed by atoms with Gasteiger partial charge in [0.05, 0.1) is 12.1 Å². The Balaban J connectivity index is 1.76. The Labute approximate surface area is 186 Å². The number of benzene rings is 2. The number of aliphatic hydroxyl groups excluding tert-OH is 1. The van der Waals surface area contributed by atoms with E-state index in [1.54, 1.807) is 0 Å². The van der Waals surface area contributed by atoms with E-state index in [4.69, 9.17) is 4.74 Å². The number of rotatable bonds is 6. The van der Waals surface area contributed by atoms with Gasteiger partial charge in [-0.15, -0.1) is 0 Å². The van der Waals surface area contributed by atoms with Crippen molar-refractivity contribution < 1.29 is 14.6 Å². The standard InChI is InChI=1S/C26H36N2O3/c1-19(29)27-23-12-14-28(15-13-24(23)30)17-21-16-22(26(2,3)4)10-11-25(21)31-18-20-8-6-5-7-9-20/h5-11,16,23-24,30H,12-15,17-18H2,1-4H3,(H,27,29)/t23-,24-/m0/s1. The molecule has 1 amide bonds. The molecule has 2 aromatic rings. The first-order valence-electron chi connectivity index (χ1n) is 11.2. The van der Waals surface area contributed by atoms with E-state index in [1.165, 1.54) is 12.5 Å². The molecule has 2 atom stereocenters. The van der Waals surface area contributed by atoms with Crippen molar-refractivity contribution >= 4 is 5.91 Å². The molecule has 0 spiro atoms. The van der Waals surface area contributed by atoms with Crippen LogP contribution in [0.3, 0.4) is 0 Å². The van der Waals surface area contributed by atoms with Crippen LogP contribution in [0.15, 0.2) is 48.5 Å². The zero-order chi connectivity index (χ0) is 22.4. The molecule has 1 fully saturated rings. The van der Waals surface area contributed by atoms with Gasteiger partial charge in [-0.1, -0.05) is 63.2 Å². The van der Waals surface area contributed by atoms with E-state index in [0.29, 0.717) is 13.0 Å². The fourth-order valence-corrected chi connectivity index (χ4v) is 4.02. The molecular weight excluding hydrogens is 388 g/mol. The fraction of sp³-hybridized carbons (Fsp3) is 0.500. The van der Waals surface area contributed by atoms with Crippen LogP contribution in [-0.4, -0.2) is 41.1 Å². The molecule has 2 N–H and O–H groups in total. The molecule has 3 rings (SSSR count). The molecule has 1 heterocycles. The maximum absolute atomic E-state index is 11.5. The van der Waals surface area contributed by atoms with Crippen molar-refractivity contribution in [3.05, 3.63) is 65.2 Å². The number of amides is 1. The summed E-state index contributed by atoms with van der Waals surface area (Å²) < 4.78 is 6.23. The number of aliphatic hydroxyl groups is 1. The molecule has 31 heavy (non-hydrogen) atoms. The average Bonchev–Trinajstić information content (AvgIpc) is 2.89. The van der Waals surface area contributed by atoms with Crippen LogP contribution in [0.5, 0.6) is 5.75 Å². The van der Waals surface area contributed by atoms with Crippen LogP contribution in [0.1, 0.15) is 57.2 Å². The van der Waals surface area contributed by atoms with E-state index in [9.17, 15) is 9.90 Å². The van der Waals surface area contributed by atoms with Gasteiger partial charge in [-0.05, 0) is 35.4 Å². The molecule has 0 radical (unpaired) electrons. The molecule has 5 heteroatoms. The predicted molar refractivity (Wildman–Crippen MR) is 124 cm³/mol. The van der Waals surface area contributed by atoms with E-state index >= 15 is 0 Å². The Hall–Kier alpha value is -2.37. The molecule has 168 valence electrons. The monoisotopic (exact) mass is 424 g/mol. The quantitative estimate of drug-likeness (QED) is 0.735. The van der Waals surface area contributed by atoms with Crippen molar-refractivity contribution in [3.8, 4) is 5.75 Å². The molecule has 2 aromatic carbocycles. The molecule has 5 nitrogen and oxygen atoms in total. The maximum atomic E-state index is 11.5. The van der Waals surface area contributed by atoms with Gasteiger partial charge in [-0.3, -0.25) is 9.69 Å². The average molecular weight is 425 g/mol. The lowest BCUT2D eigenvalue weighted by Crippen LogP contribution is -2.42. The van der Waals surface area contributed by atoms with Crippen molar-refractivity contribution in [2.24, 2.45) is 0 Å². The van der Waals surface area contributed by atoms with Crippen LogP contribution in [0, 0.1) is 0 Å². The van der Waals surface area contributed by atoms with Crippen LogP contribution < -0.4 is 10.1 Å². The first-order chi connectivity index (χ1) is 14.7. The topological polar surface area (TPSA) is 61.8 Å². The number of carbonyl (C=O) groups excluding carboxylic acids is 1. The van der Waals surface area contributed by atoms with Gasteiger partial charge in [-0.2, -0.15) is 0 Å². The van der Waals surface area contributed by atoms with Gasteiger partial charge < -0.3 is 15.2 Å². The van der Waals surface area contributed by atoms with Gasteiger partial charge in [0.15, 0.2) is 0 Å². The molecule has 1 aliphatic heterocycles. The molecule has 1 saturated heterocycles. The number of hydrogen-bond acceptors (Lipinski definition) is 4. The smallest absolute Gasteiger partial charge is 0.217 e. The number of nitrogens with zero attached hydrogens (tertiary/aromatic N) is 1. The SMILES string of the molecule is CC(=O)N[C@H]1CCN(Cc2cc(C(C)(C)C)ccc2OCc2ccccc2)CC[C@@H]1O. The highest BCUT2D eigenvalue weighted by molar-refractivity contribution is 5.73. The Bertz CT molecular complexity index is 861. The molecule has 0 aliphatic carbocycles. The first-order valence-corrected chi connectivity index (χ1v) is 11.2. The second-order valence-corrected chi connectivity index (χ2v) is 9.57. The van der Waals surface area contributed by atoms with Crippen molar-refractivity contribution in [2.45, 2.75) is 71.2 Å². The van der Waals surface area contributed by atoms with Gasteiger partial charge in [0, 0.05) is 32.1 Å². The van der Waals surface area contributed by atoms with Gasteiger partial charge >= 0.3 is 0 Å². The van der Waals surface area contributed by atoms with Crippen LogP contribution in [0.25, 0.3) is 0 Å². The highest BCUT2D eigenvalue weighted by Gasteiger charge is 2.26. The number of ether oxygens (including phenoxy) is 1. The Kier molecular flexibility index (Phi) is 7.74. The van der Waals surface area contributed by atoms with E-state index in [2.05, 4.69) is 61.3 Å². The molecule has 0 unspecified atom stereocenters. The zero-order valence-electron chi connectivity index (χ0n) is 19.2. The van der Waals surface area contributed by atoms with Gasteiger partial charge in [-0.25, -0.2) is 0 Å². The first kappa shape index (κ1) is 23.3. The van der Waals surface area contributed by atoms with Crippen molar-refractivity contribution in [1.29, 1.82) is 0 Å². The zero-order valence-corrected chi connectivity index (χ0v) is 19.2. The number of nitrogens with one attached hydrogen (secondary N) is 1. The summed E-state index contributed by atoms with van der Waals surface area (Å²) in [5, 5.41) is 13.3. The number of carbonyl (C=O) groups is 1. The molecule has 0 saturated carbocycles. The summed E-state index contributed by atoms with van der Waals surface area (Å²) in [6, 6.07) is 16.5. The van der Waals surface area contributed by atoms with E-state index in [1.807, 2.05) is 18.2 Å². The summed E-state index contributed by atoms with van der Waals surface area (Å²) >= 11 is 0. The third-order valence-electron chi connectivity index (χ3n) is 5.91. The summed E-state index contributed by atoms with van der Waals surface area (Å²) in [4.78, 5) is 13.8. The summed E-state index contributed by atoms with van der Waals surface area (Å²) in [5.41, 5.74) is 3.64. The maximum Gasteiger partial charge on any atom is 0.217 e. The fourth-order valence-electron chi connectivity index (χ4n) is 4.02. The van der Waals surface area contributed by atoms with Crippen LogP contribution >= 0.6 is 0 Å². The van der Waals surface area contributed by atoms with Crippen molar-refractivity contribution in [3.63, 3.8) is 0 Å². The van der Waals surface area contributed by atoms with E-state index in [-0.39, 0.29) is 17.4 Å². The second kappa shape index (κ2) is 10.3. The largest absolute Gasteiger partial charge is 0.489 e. The second-order valence-electron chi connectivity index (χ2n) is 9.57. The molecule has 0 aromatic heterocycles. The summed E-state index contributed by atoms with van der Waals surface area (Å²) in [6.45, 7) is 11.1. The third kappa shape index (κ3) is 6.81.